The highest BCUT2D eigenvalue weighted by molar-refractivity contribution is 6.66. The van der Waals surface area contributed by atoms with Crippen LogP contribution in [0.5, 0.6) is 0 Å². The van der Waals surface area contributed by atoms with E-state index in [2.05, 4.69) is 4.66 Å². The van der Waals surface area contributed by atoms with Gasteiger partial charge in [-0.25, -0.2) is 4.79 Å². The van der Waals surface area contributed by atoms with E-state index in [1.54, 1.807) is 0 Å². The van der Waals surface area contributed by atoms with Crippen molar-refractivity contribution < 1.29 is 13.6 Å². The van der Waals surface area contributed by atoms with Crippen molar-refractivity contribution in [1.82, 2.24) is 0 Å². The number of carbonyl (C=O) groups excluding carboxylic acids is 1. The highest BCUT2D eigenvalue weighted by atomic mass is 28.4. The normalized spacial score (nSPS) is 10.9. The van der Waals surface area contributed by atoms with Gasteiger partial charge in [0.05, 0.1) is 0 Å². The molecule has 5 heteroatoms. The van der Waals surface area contributed by atoms with Crippen LogP contribution in [0.3, 0.4) is 0 Å². The zero-order valence-corrected chi connectivity index (χ0v) is 8.79. The highest BCUT2D eigenvalue weighted by Gasteiger charge is 2.36. The van der Waals surface area contributed by atoms with Gasteiger partial charge in [-0.2, -0.15) is 4.66 Å². The zero-order valence-electron chi connectivity index (χ0n) is 7.79. The standard InChI is InChI=1S/C7H15NO3Si/c1-4-10-12(6-3,8-7-9)11-5-2/h4-6H2,1-3H3. The minimum absolute atomic E-state index is 0.519. The Bertz CT molecular complexity index is 162. The lowest BCUT2D eigenvalue weighted by atomic mass is 10.9. The molecule has 0 atom stereocenters. The van der Waals surface area contributed by atoms with Crippen LogP contribution in [-0.4, -0.2) is 28.0 Å². The van der Waals surface area contributed by atoms with Crippen LogP contribution >= 0.6 is 0 Å². The Hall–Kier alpha value is -0.483. The third-order valence-electron chi connectivity index (χ3n) is 1.40. The molecule has 0 heterocycles. The maximum atomic E-state index is 10.1. The molecule has 0 aliphatic heterocycles. The molecule has 0 aliphatic rings. The fraction of sp³-hybridized carbons (Fsp3) is 0.857. The molecule has 0 aromatic carbocycles. The smallest absolute Gasteiger partial charge is 0.377 e. The summed E-state index contributed by atoms with van der Waals surface area (Å²) in [5.74, 6) is 0. The third kappa shape index (κ3) is 3.28. The van der Waals surface area contributed by atoms with E-state index in [-0.39, 0.29) is 0 Å². The van der Waals surface area contributed by atoms with E-state index >= 15 is 0 Å². The fourth-order valence-electron chi connectivity index (χ4n) is 0.910. The Morgan fingerprint density at radius 1 is 1.25 bits per heavy atom. The molecular weight excluding hydrogens is 174 g/mol. The Balaban J connectivity index is 4.37. The summed E-state index contributed by atoms with van der Waals surface area (Å²) in [7, 11) is -2.57. The van der Waals surface area contributed by atoms with Gasteiger partial charge in [0.1, 0.15) is 0 Å². The maximum Gasteiger partial charge on any atom is 0.488 e. The van der Waals surface area contributed by atoms with Crippen molar-refractivity contribution >= 4 is 14.8 Å². The van der Waals surface area contributed by atoms with Crippen LogP contribution in [0.15, 0.2) is 4.66 Å². The van der Waals surface area contributed by atoms with Gasteiger partial charge in [0.15, 0.2) is 0 Å². The van der Waals surface area contributed by atoms with Gasteiger partial charge in [0, 0.05) is 19.3 Å². The number of isocyanates is 1. The minimum Gasteiger partial charge on any atom is -0.377 e. The summed E-state index contributed by atoms with van der Waals surface area (Å²) in [6, 6.07) is 0.643. The first-order valence-corrected chi connectivity index (χ1v) is 6.08. The molecule has 0 saturated carbocycles. The molecule has 0 aromatic rings. The highest BCUT2D eigenvalue weighted by Crippen LogP contribution is 2.13. The quantitative estimate of drug-likeness (QED) is 0.360. The number of hydrogen-bond acceptors (Lipinski definition) is 4. The van der Waals surface area contributed by atoms with Gasteiger partial charge in [0.2, 0.25) is 6.08 Å². The van der Waals surface area contributed by atoms with E-state index in [0.29, 0.717) is 19.3 Å². The molecule has 0 fully saturated rings. The Labute approximate surface area is 73.9 Å². The van der Waals surface area contributed by atoms with E-state index in [4.69, 9.17) is 8.85 Å². The molecule has 0 spiro atoms. The second-order valence-corrected chi connectivity index (χ2v) is 5.07. The molecule has 4 nitrogen and oxygen atoms in total. The summed E-state index contributed by atoms with van der Waals surface area (Å²) >= 11 is 0. The molecule has 0 amide bonds. The second kappa shape index (κ2) is 6.08. The van der Waals surface area contributed by atoms with Crippen molar-refractivity contribution in [3.63, 3.8) is 0 Å². The third-order valence-corrected chi connectivity index (χ3v) is 4.21. The first-order chi connectivity index (χ1) is 5.74. The SMILES string of the molecule is CCO[Si](CC)(N=C=O)OCC. The van der Waals surface area contributed by atoms with Crippen LogP contribution in [0.4, 0.5) is 0 Å². The molecule has 0 aliphatic carbocycles. The monoisotopic (exact) mass is 189 g/mol. The van der Waals surface area contributed by atoms with E-state index in [9.17, 15) is 4.79 Å². The zero-order chi connectivity index (χ0) is 9.45. The lowest BCUT2D eigenvalue weighted by molar-refractivity contribution is 0.185. The first kappa shape index (κ1) is 11.5. The Morgan fingerprint density at radius 3 is 2.00 bits per heavy atom. The average molecular weight is 189 g/mol. The molecule has 0 N–H and O–H groups in total. The van der Waals surface area contributed by atoms with Crippen LogP contribution in [0.1, 0.15) is 20.8 Å². The van der Waals surface area contributed by atoms with Crippen molar-refractivity contribution in [3.8, 4) is 0 Å². The molecule has 70 valence electrons. The van der Waals surface area contributed by atoms with E-state index < -0.39 is 8.72 Å². The van der Waals surface area contributed by atoms with Crippen LogP contribution in [0, 0.1) is 0 Å². The van der Waals surface area contributed by atoms with E-state index in [1.807, 2.05) is 20.8 Å². The summed E-state index contributed by atoms with van der Waals surface area (Å²) in [6.07, 6.45) is 1.52. The van der Waals surface area contributed by atoms with Gasteiger partial charge in [-0.15, -0.1) is 0 Å². The predicted octanol–water partition coefficient (Wildman–Crippen LogP) is 1.35. The van der Waals surface area contributed by atoms with Crippen LogP contribution < -0.4 is 0 Å². The van der Waals surface area contributed by atoms with Crippen molar-refractivity contribution in [2.24, 2.45) is 4.66 Å². The van der Waals surface area contributed by atoms with Crippen molar-refractivity contribution in [3.05, 3.63) is 0 Å². The fourth-order valence-corrected chi connectivity index (χ4v) is 2.73. The van der Waals surface area contributed by atoms with Gasteiger partial charge in [-0.1, -0.05) is 6.92 Å². The Kier molecular flexibility index (Phi) is 5.83. The number of nitrogens with zero attached hydrogens (tertiary/aromatic N) is 1. The van der Waals surface area contributed by atoms with Crippen LogP contribution in [0.25, 0.3) is 0 Å². The molecule has 0 rings (SSSR count). The van der Waals surface area contributed by atoms with E-state index in [1.165, 1.54) is 6.08 Å². The van der Waals surface area contributed by atoms with Crippen molar-refractivity contribution in [1.29, 1.82) is 0 Å². The summed E-state index contributed by atoms with van der Waals surface area (Å²) in [4.78, 5) is 10.1. The molecule has 0 bridgehead atoms. The second-order valence-electron chi connectivity index (χ2n) is 2.14. The summed E-state index contributed by atoms with van der Waals surface area (Å²) in [5, 5.41) is 0. The van der Waals surface area contributed by atoms with Gasteiger partial charge in [-0.05, 0) is 13.8 Å². The van der Waals surface area contributed by atoms with Crippen molar-refractivity contribution in [2.45, 2.75) is 26.8 Å². The van der Waals surface area contributed by atoms with Crippen LogP contribution in [-0.2, 0) is 13.6 Å². The van der Waals surface area contributed by atoms with Gasteiger partial charge < -0.3 is 8.85 Å². The lowest BCUT2D eigenvalue weighted by Gasteiger charge is -2.21. The largest absolute Gasteiger partial charge is 0.488 e. The van der Waals surface area contributed by atoms with Crippen LogP contribution in [0.2, 0.25) is 6.04 Å². The van der Waals surface area contributed by atoms with Crippen molar-refractivity contribution in [2.75, 3.05) is 13.2 Å². The van der Waals surface area contributed by atoms with E-state index in [0.717, 1.165) is 0 Å². The Morgan fingerprint density at radius 2 is 1.75 bits per heavy atom. The minimum atomic E-state index is -2.57. The molecule has 12 heavy (non-hydrogen) atoms. The van der Waals surface area contributed by atoms with Gasteiger partial charge in [0.25, 0.3) is 0 Å². The average Bonchev–Trinajstić information content (AvgIpc) is 2.06. The topological polar surface area (TPSA) is 47.9 Å². The van der Waals surface area contributed by atoms with Gasteiger partial charge in [-0.3, -0.25) is 0 Å². The van der Waals surface area contributed by atoms with Gasteiger partial charge >= 0.3 is 8.72 Å². The summed E-state index contributed by atoms with van der Waals surface area (Å²) in [6.45, 7) is 6.66. The first-order valence-electron chi connectivity index (χ1n) is 4.11. The molecular formula is C7H15NO3Si. The molecule has 0 radical (unpaired) electrons. The molecule has 0 saturated heterocycles. The summed E-state index contributed by atoms with van der Waals surface area (Å²) in [5.41, 5.74) is 0. The maximum absolute atomic E-state index is 10.1. The number of hydrogen-bond donors (Lipinski definition) is 0. The molecule has 0 unspecified atom stereocenters. The summed E-state index contributed by atoms with van der Waals surface area (Å²) < 4.78 is 14.3. The molecule has 0 aromatic heterocycles. The predicted molar refractivity (Wildman–Crippen MR) is 47.6 cm³/mol. The number of rotatable bonds is 6. The lowest BCUT2D eigenvalue weighted by Crippen LogP contribution is -2.39.